The lowest BCUT2D eigenvalue weighted by atomic mass is 10.1. The SMILES string of the molecule is CCOC(=O)C(Sc1ccccn1)C(=O)c1ccccc1. The second kappa shape index (κ2) is 7.59. The van der Waals surface area contributed by atoms with Crippen LogP contribution in [0.15, 0.2) is 59.8 Å². The second-order valence-corrected chi connectivity index (χ2v) is 5.27. The van der Waals surface area contributed by atoms with Crippen LogP contribution in [0.5, 0.6) is 0 Å². The van der Waals surface area contributed by atoms with Gasteiger partial charge in [-0.1, -0.05) is 48.2 Å². The van der Waals surface area contributed by atoms with Gasteiger partial charge >= 0.3 is 5.97 Å². The van der Waals surface area contributed by atoms with Gasteiger partial charge in [-0.25, -0.2) is 4.98 Å². The van der Waals surface area contributed by atoms with E-state index in [0.717, 1.165) is 11.8 Å². The third-order valence-electron chi connectivity index (χ3n) is 2.67. The molecule has 1 unspecified atom stereocenters. The molecule has 0 radical (unpaired) electrons. The van der Waals surface area contributed by atoms with Crippen molar-refractivity contribution in [2.24, 2.45) is 0 Å². The number of ether oxygens (including phenoxy) is 1. The number of rotatable bonds is 6. The fraction of sp³-hybridized carbons (Fsp3) is 0.188. The van der Waals surface area contributed by atoms with E-state index in [2.05, 4.69) is 4.98 Å². The first-order chi connectivity index (χ1) is 10.2. The van der Waals surface area contributed by atoms with E-state index >= 15 is 0 Å². The molecule has 4 nitrogen and oxygen atoms in total. The van der Waals surface area contributed by atoms with Crippen molar-refractivity contribution in [1.82, 2.24) is 4.98 Å². The Kier molecular flexibility index (Phi) is 5.51. The number of aromatic nitrogens is 1. The summed E-state index contributed by atoms with van der Waals surface area (Å²) in [6.45, 7) is 1.95. The maximum Gasteiger partial charge on any atom is 0.327 e. The molecule has 0 fully saturated rings. The summed E-state index contributed by atoms with van der Waals surface area (Å²) in [6, 6.07) is 14.1. The fourth-order valence-electron chi connectivity index (χ4n) is 1.72. The van der Waals surface area contributed by atoms with E-state index in [0.29, 0.717) is 10.6 Å². The Labute approximate surface area is 127 Å². The standard InChI is InChI=1S/C16H15NO3S/c1-2-20-16(19)15(21-13-10-6-7-11-17-13)14(18)12-8-4-3-5-9-12/h3-11,15H,2H2,1H3. The summed E-state index contributed by atoms with van der Waals surface area (Å²) in [6.07, 6.45) is 1.62. The number of hydrogen-bond acceptors (Lipinski definition) is 5. The maximum atomic E-state index is 12.5. The summed E-state index contributed by atoms with van der Waals surface area (Å²) >= 11 is 1.10. The van der Waals surface area contributed by atoms with Gasteiger partial charge in [0, 0.05) is 11.8 Å². The van der Waals surface area contributed by atoms with Gasteiger partial charge in [0.25, 0.3) is 0 Å². The number of ketones is 1. The molecule has 2 aromatic rings. The van der Waals surface area contributed by atoms with E-state index in [1.807, 2.05) is 12.1 Å². The highest BCUT2D eigenvalue weighted by atomic mass is 32.2. The number of benzene rings is 1. The molecule has 1 atom stereocenters. The molecule has 1 aromatic carbocycles. The predicted octanol–water partition coefficient (Wildman–Crippen LogP) is 2.99. The first-order valence-corrected chi connectivity index (χ1v) is 7.44. The Morgan fingerprint density at radius 3 is 2.48 bits per heavy atom. The highest BCUT2D eigenvalue weighted by Crippen LogP contribution is 2.25. The van der Waals surface area contributed by atoms with Crippen molar-refractivity contribution in [2.45, 2.75) is 17.2 Å². The Morgan fingerprint density at radius 2 is 1.86 bits per heavy atom. The monoisotopic (exact) mass is 301 g/mol. The number of esters is 1. The molecule has 0 aliphatic carbocycles. The zero-order valence-corrected chi connectivity index (χ0v) is 12.4. The number of carbonyl (C=O) groups is 2. The van der Waals surface area contributed by atoms with Gasteiger partial charge in [-0.3, -0.25) is 9.59 Å². The average molecular weight is 301 g/mol. The van der Waals surface area contributed by atoms with Gasteiger partial charge < -0.3 is 4.74 Å². The van der Waals surface area contributed by atoms with Crippen LogP contribution in [0.2, 0.25) is 0 Å². The molecule has 0 aliphatic heterocycles. The fourth-order valence-corrected chi connectivity index (χ4v) is 2.65. The molecule has 21 heavy (non-hydrogen) atoms. The number of pyridine rings is 1. The third-order valence-corrected chi connectivity index (χ3v) is 3.80. The normalized spacial score (nSPS) is 11.7. The van der Waals surface area contributed by atoms with Crippen molar-refractivity contribution in [3.8, 4) is 0 Å². The van der Waals surface area contributed by atoms with Crippen molar-refractivity contribution in [3.63, 3.8) is 0 Å². The van der Waals surface area contributed by atoms with E-state index in [4.69, 9.17) is 4.74 Å². The number of thioether (sulfide) groups is 1. The minimum absolute atomic E-state index is 0.236. The van der Waals surface area contributed by atoms with Gasteiger partial charge in [0.1, 0.15) is 0 Å². The van der Waals surface area contributed by atoms with E-state index in [-0.39, 0.29) is 12.4 Å². The average Bonchev–Trinajstić information content (AvgIpc) is 2.54. The van der Waals surface area contributed by atoms with Crippen molar-refractivity contribution >= 4 is 23.5 Å². The number of nitrogens with zero attached hydrogens (tertiary/aromatic N) is 1. The van der Waals surface area contributed by atoms with Gasteiger partial charge in [0.2, 0.25) is 0 Å². The number of hydrogen-bond donors (Lipinski definition) is 0. The first-order valence-electron chi connectivity index (χ1n) is 6.56. The topological polar surface area (TPSA) is 56.3 Å². The largest absolute Gasteiger partial charge is 0.465 e. The lowest BCUT2D eigenvalue weighted by molar-refractivity contribution is -0.141. The Balaban J connectivity index is 2.24. The van der Waals surface area contributed by atoms with Gasteiger partial charge in [-0.15, -0.1) is 0 Å². The van der Waals surface area contributed by atoms with Crippen LogP contribution in [0.1, 0.15) is 17.3 Å². The second-order valence-electron chi connectivity index (χ2n) is 4.15. The zero-order chi connectivity index (χ0) is 15.1. The van der Waals surface area contributed by atoms with Crippen LogP contribution >= 0.6 is 11.8 Å². The van der Waals surface area contributed by atoms with E-state index < -0.39 is 11.2 Å². The van der Waals surface area contributed by atoms with Crippen LogP contribution in [0.3, 0.4) is 0 Å². The van der Waals surface area contributed by atoms with E-state index in [1.54, 1.807) is 49.5 Å². The van der Waals surface area contributed by atoms with Gasteiger partial charge in [-0.2, -0.15) is 0 Å². The molecule has 1 heterocycles. The molecular weight excluding hydrogens is 286 g/mol. The van der Waals surface area contributed by atoms with Crippen molar-refractivity contribution in [2.75, 3.05) is 6.61 Å². The minimum Gasteiger partial charge on any atom is -0.465 e. The van der Waals surface area contributed by atoms with Gasteiger partial charge in [0.15, 0.2) is 11.0 Å². The smallest absolute Gasteiger partial charge is 0.327 e. The molecule has 2 rings (SSSR count). The van der Waals surface area contributed by atoms with Crippen LogP contribution < -0.4 is 0 Å². The summed E-state index contributed by atoms with van der Waals surface area (Å²) in [7, 11) is 0. The molecule has 0 saturated carbocycles. The van der Waals surface area contributed by atoms with E-state index in [1.165, 1.54) is 0 Å². The van der Waals surface area contributed by atoms with Crippen LogP contribution in [0.25, 0.3) is 0 Å². The van der Waals surface area contributed by atoms with Gasteiger partial charge in [-0.05, 0) is 19.1 Å². The molecular formula is C16H15NO3S. The van der Waals surface area contributed by atoms with Crippen molar-refractivity contribution < 1.29 is 14.3 Å². The number of carbonyl (C=O) groups excluding carboxylic acids is 2. The zero-order valence-electron chi connectivity index (χ0n) is 11.6. The highest BCUT2D eigenvalue weighted by molar-refractivity contribution is 8.01. The Morgan fingerprint density at radius 1 is 1.14 bits per heavy atom. The third kappa shape index (κ3) is 4.16. The molecule has 0 aliphatic rings. The Hall–Kier alpha value is -2.14. The molecule has 0 saturated heterocycles. The summed E-state index contributed by atoms with van der Waals surface area (Å²) in [5.41, 5.74) is 0.485. The molecule has 108 valence electrons. The van der Waals surface area contributed by atoms with Crippen molar-refractivity contribution in [3.05, 3.63) is 60.3 Å². The van der Waals surface area contributed by atoms with Crippen LogP contribution in [-0.2, 0) is 9.53 Å². The summed E-state index contributed by atoms with van der Waals surface area (Å²) in [4.78, 5) is 28.7. The van der Waals surface area contributed by atoms with Gasteiger partial charge in [0.05, 0.1) is 11.6 Å². The molecule has 0 N–H and O–H groups in total. The molecule has 5 heteroatoms. The summed E-state index contributed by atoms with van der Waals surface area (Å²) < 4.78 is 5.01. The molecule has 0 amide bonds. The van der Waals surface area contributed by atoms with Crippen LogP contribution in [-0.4, -0.2) is 28.6 Å². The van der Waals surface area contributed by atoms with Crippen LogP contribution in [0.4, 0.5) is 0 Å². The lowest BCUT2D eigenvalue weighted by Crippen LogP contribution is -2.29. The maximum absolute atomic E-state index is 12.5. The van der Waals surface area contributed by atoms with Crippen molar-refractivity contribution in [1.29, 1.82) is 0 Å². The Bertz CT molecular complexity index is 601. The number of Topliss-reactive ketones (excluding diaryl/α,β-unsaturated/α-hetero) is 1. The molecule has 0 spiro atoms. The lowest BCUT2D eigenvalue weighted by Gasteiger charge is -2.13. The summed E-state index contributed by atoms with van der Waals surface area (Å²) in [5.74, 6) is -0.813. The predicted molar refractivity (Wildman–Crippen MR) is 81.3 cm³/mol. The highest BCUT2D eigenvalue weighted by Gasteiger charge is 2.30. The van der Waals surface area contributed by atoms with Crippen LogP contribution in [0, 0.1) is 0 Å². The minimum atomic E-state index is -0.942. The quantitative estimate of drug-likeness (QED) is 0.355. The molecule has 0 bridgehead atoms. The first kappa shape index (κ1) is 15.3. The summed E-state index contributed by atoms with van der Waals surface area (Å²) in [5, 5.41) is -0.331. The van der Waals surface area contributed by atoms with E-state index in [9.17, 15) is 9.59 Å². The molecule has 1 aromatic heterocycles.